The van der Waals surface area contributed by atoms with Gasteiger partial charge >= 0.3 is 17.9 Å². The maximum absolute atomic E-state index is 12.8. The predicted octanol–water partition coefficient (Wildman–Crippen LogP) is 19.5. The summed E-state index contributed by atoms with van der Waals surface area (Å²) in [6, 6.07) is 0. The minimum Gasteiger partial charge on any atom is -0.462 e. The molecule has 6 heteroatoms. The number of hydrogen-bond donors (Lipinski definition) is 0. The highest BCUT2D eigenvalue weighted by atomic mass is 16.6. The van der Waals surface area contributed by atoms with Crippen molar-refractivity contribution in [3.63, 3.8) is 0 Å². The van der Waals surface area contributed by atoms with Crippen LogP contribution in [0.4, 0.5) is 0 Å². The van der Waals surface area contributed by atoms with Gasteiger partial charge in [0.1, 0.15) is 13.2 Å². The van der Waals surface area contributed by atoms with E-state index in [1.165, 1.54) is 6.42 Å². The van der Waals surface area contributed by atoms with E-state index in [4.69, 9.17) is 14.2 Å². The van der Waals surface area contributed by atoms with Crippen LogP contribution in [0.5, 0.6) is 0 Å². The van der Waals surface area contributed by atoms with Crippen LogP contribution in [0.3, 0.4) is 0 Å². The Morgan fingerprint density at radius 1 is 0.288 bits per heavy atom. The first-order valence-electron chi connectivity index (χ1n) is 28.6. The molecule has 0 aromatic heterocycles. The molecule has 0 saturated carbocycles. The molecule has 0 spiro atoms. The van der Waals surface area contributed by atoms with Crippen LogP contribution >= 0.6 is 0 Å². The Bertz CT molecular complexity index is 1720. The summed E-state index contributed by atoms with van der Waals surface area (Å²) in [7, 11) is 0. The Balaban J connectivity index is 4.55. The summed E-state index contributed by atoms with van der Waals surface area (Å²) in [6.45, 7) is 6.23. The third-order valence-corrected chi connectivity index (χ3v) is 11.2. The van der Waals surface area contributed by atoms with Crippen LogP contribution in [-0.4, -0.2) is 37.2 Å². The summed E-state index contributed by atoms with van der Waals surface area (Å²) in [5.41, 5.74) is 0. The number of allylic oxidation sites excluding steroid dienone is 28. The monoisotopic (exact) mass is 1000 g/mol. The van der Waals surface area contributed by atoms with Crippen molar-refractivity contribution in [2.24, 2.45) is 0 Å². The van der Waals surface area contributed by atoms with E-state index in [0.717, 1.165) is 161 Å². The van der Waals surface area contributed by atoms with Crippen LogP contribution in [-0.2, 0) is 28.6 Å². The molecule has 0 N–H and O–H groups in total. The maximum atomic E-state index is 12.8. The van der Waals surface area contributed by atoms with Crippen LogP contribution in [0, 0.1) is 0 Å². The molecular weight excluding hydrogens is 901 g/mol. The van der Waals surface area contributed by atoms with E-state index in [1.54, 1.807) is 0 Å². The highest BCUT2D eigenvalue weighted by molar-refractivity contribution is 5.71. The van der Waals surface area contributed by atoms with Crippen LogP contribution in [0.15, 0.2) is 170 Å². The van der Waals surface area contributed by atoms with E-state index in [-0.39, 0.29) is 37.5 Å². The molecule has 0 fully saturated rings. The zero-order valence-corrected chi connectivity index (χ0v) is 46.3. The van der Waals surface area contributed by atoms with E-state index in [9.17, 15) is 14.4 Å². The molecular formula is C67H102O6. The van der Waals surface area contributed by atoms with Crippen molar-refractivity contribution in [2.75, 3.05) is 13.2 Å². The molecule has 0 rings (SSSR count). The van der Waals surface area contributed by atoms with Crippen LogP contribution in [0.25, 0.3) is 0 Å². The van der Waals surface area contributed by atoms with Gasteiger partial charge in [-0.3, -0.25) is 14.4 Å². The minimum absolute atomic E-state index is 0.127. The number of ether oxygens (including phenoxy) is 3. The lowest BCUT2D eigenvalue weighted by molar-refractivity contribution is -0.167. The number of esters is 3. The third kappa shape index (κ3) is 57.5. The van der Waals surface area contributed by atoms with Crippen molar-refractivity contribution >= 4 is 17.9 Å². The smallest absolute Gasteiger partial charge is 0.306 e. The van der Waals surface area contributed by atoms with Gasteiger partial charge in [0.25, 0.3) is 0 Å². The van der Waals surface area contributed by atoms with Gasteiger partial charge in [-0.25, -0.2) is 0 Å². The number of carbonyl (C=O) groups excluding carboxylic acids is 3. The quantitative estimate of drug-likeness (QED) is 0.0261. The number of hydrogen-bond acceptors (Lipinski definition) is 6. The van der Waals surface area contributed by atoms with Gasteiger partial charge in [-0.05, 0) is 141 Å². The van der Waals surface area contributed by atoms with Crippen molar-refractivity contribution in [1.29, 1.82) is 0 Å². The van der Waals surface area contributed by atoms with Crippen LogP contribution < -0.4 is 0 Å². The fraction of sp³-hybridized carbons (Fsp3) is 0.537. The highest BCUT2D eigenvalue weighted by Crippen LogP contribution is 2.11. The molecule has 0 aliphatic rings. The Morgan fingerprint density at radius 3 is 0.890 bits per heavy atom. The van der Waals surface area contributed by atoms with Gasteiger partial charge in [0.2, 0.25) is 0 Å². The summed E-state index contributed by atoms with van der Waals surface area (Å²) < 4.78 is 16.8. The van der Waals surface area contributed by atoms with Gasteiger partial charge < -0.3 is 14.2 Å². The molecule has 0 aromatic carbocycles. The van der Waals surface area contributed by atoms with Crippen molar-refractivity contribution in [3.8, 4) is 0 Å². The average Bonchev–Trinajstić information content (AvgIpc) is 3.39. The first kappa shape index (κ1) is 67.8. The van der Waals surface area contributed by atoms with E-state index >= 15 is 0 Å². The molecule has 0 heterocycles. The number of rotatable bonds is 49. The fourth-order valence-electron chi connectivity index (χ4n) is 6.96. The lowest BCUT2D eigenvalue weighted by Gasteiger charge is -2.18. The molecule has 0 radical (unpaired) electrons. The van der Waals surface area contributed by atoms with Crippen molar-refractivity contribution in [1.82, 2.24) is 0 Å². The number of unbranched alkanes of at least 4 members (excludes halogenated alkanes) is 10. The van der Waals surface area contributed by atoms with E-state index in [1.807, 2.05) is 0 Å². The normalized spacial score (nSPS) is 13.4. The summed E-state index contributed by atoms with van der Waals surface area (Å²) in [5.74, 6) is -1.05. The predicted molar refractivity (Wildman–Crippen MR) is 315 cm³/mol. The first-order chi connectivity index (χ1) is 36.0. The molecule has 0 aliphatic carbocycles. The van der Waals surface area contributed by atoms with Crippen LogP contribution in [0.2, 0.25) is 0 Å². The molecule has 0 aromatic rings. The minimum atomic E-state index is -0.837. The second-order valence-corrected chi connectivity index (χ2v) is 18.1. The summed E-state index contributed by atoms with van der Waals surface area (Å²) in [6.07, 6.45) is 87.8. The van der Waals surface area contributed by atoms with Gasteiger partial charge in [0, 0.05) is 19.3 Å². The standard InChI is InChI=1S/C67H102O6/c1-4-7-10-13-16-19-22-25-27-29-30-31-32-33-34-35-36-38-39-42-45-48-51-54-57-60-66(69)72-63-64(62-71-65(68)59-56-53-50-47-44-41-24-21-18-15-12-9-6-3)73-67(70)61-58-55-52-49-46-43-40-37-28-26-23-20-17-14-11-8-5-2/h7-8,10-12,15-17,19-21,24-28,30-31,33-34,36,38,40,42-43,45,49,52,64H,4-6,9,13-14,18,22-23,29,32,35,37,39,41,44,46-48,50-51,53-63H2,1-3H3/b10-7-,11-8-,15-12-,19-16-,20-17-,24-21-,27-25-,28-26-,31-30-,34-33-,38-36-,43-40-,45-42-,52-49-. The Kier molecular flexibility index (Phi) is 55.1. The third-order valence-electron chi connectivity index (χ3n) is 11.2. The fourth-order valence-corrected chi connectivity index (χ4v) is 6.96. The van der Waals surface area contributed by atoms with Gasteiger partial charge in [0.05, 0.1) is 0 Å². The molecule has 0 aliphatic heterocycles. The molecule has 73 heavy (non-hydrogen) atoms. The van der Waals surface area contributed by atoms with Gasteiger partial charge in [-0.1, -0.05) is 223 Å². The second-order valence-electron chi connectivity index (χ2n) is 18.1. The lowest BCUT2D eigenvalue weighted by Crippen LogP contribution is -2.30. The van der Waals surface area contributed by atoms with Gasteiger partial charge in [-0.15, -0.1) is 0 Å². The van der Waals surface area contributed by atoms with E-state index in [2.05, 4.69) is 191 Å². The maximum Gasteiger partial charge on any atom is 0.306 e. The SMILES string of the molecule is CC/C=C\C/C=C\C/C=C\C/C=C\C/C=C\C/C=C\C/C=C\CCCCCC(=O)OCC(COC(=O)CCCCCCC/C=C\C/C=C\CCC)OC(=O)CCC/C=C\C/C=C\C/C=C\C/C=C\C/C=C\CC. The van der Waals surface area contributed by atoms with Gasteiger partial charge in [0.15, 0.2) is 6.10 Å². The molecule has 6 nitrogen and oxygen atoms in total. The van der Waals surface area contributed by atoms with Crippen molar-refractivity contribution in [3.05, 3.63) is 170 Å². The van der Waals surface area contributed by atoms with Crippen LogP contribution in [0.1, 0.15) is 213 Å². The van der Waals surface area contributed by atoms with Crippen molar-refractivity contribution in [2.45, 2.75) is 219 Å². The zero-order valence-electron chi connectivity index (χ0n) is 46.3. The summed E-state index contributed by atoms with van der Waals surface area (Å²) >= 11 is 0. The molecule has 406 valence electrons. The molecule has 1 atom stereocenters. The molecule has 0 bridgehead atoms. The second kappa shape index (κ2) is 59.3. The molecule has 1 unspecified atom stereocenters. The van der Waals surface area contributed by atoms with Gasteiger partial charge in [-0.2, -0.15) is 0 Å². The number of carbonyl (C=O) groups is 3. The van der Waals surface area contributed by atoms with E-state index < -0.39 is 6.10 Å². The van der Waals surface area contributed by atoms with E-state index in [0.29, 0.717) is 19.3 Å². The summed E-state index contributed by atoms with van der Waals surface area (Å²) in [5, 5.41) is 0. The largest absolute Gasteiger partial charge is 0.462 e. The Labute approximate surface area is 447 Å². The Hall–Kier alpha value is -5.23. The molecule has 0 saturated heterocycles. The summed E-state index contributed by atoms with van der Waals surface area (Å²) in [4.78, 5) is 38.1. The average molecular weight is 1000 g/mol. The Morgan fingerprint density at radius 2 is 0.548 bits per heavy atom. The zero-order chi connectivity index (χ0) is 52.9. The van der Waals surface area contributed by atoms with Crippen molar-refractivity contribution < 1.29 is 28.6 Å². The first-order valence-corrected chi connectivity index (χ1v) is 28.6. The topological polar surface area (TPSA) is 78.9 Å². The highest BCUT2D eigenvalue weighted by Gasteiger charge is 2.19. The lowest BCUT2D eigenvalue weighted by atomic mass is 10.1. The molecule has 0 amide bonds.